The van der Waals surface area contributed by atoms with E-state index < -0.39 is 6.03 Å². The van der Waals surface area contributed by atoms with Gasteiger partial charge in [0.2, 0.25) is 0 Å². The van der Waals surface area contributed by atoms with Crippen molar-refractivity contribution in [2.45, 2.75) is 6.42 Å². The monoisotopic (exact) mass is 308 g/mol. The molecule has 2 aromatic heterocycles. The number of rotatable bonds is 5. The number of benzene rings is 1. The number of nitrogens with two attached hydrogens (primary N) is 1. The molecule has 23 heavy (non-hydrogen) atoms. The van der Waals surface area contributed by atoms with Crippen molar-refractivity contribution >= 4 is 6.03 Å². The molecule has 0 aliphatic rings. The summed E-state index contributed by atoms with van der Waals surface area (Å²) in [5.74, 6) is 1.34. The number of hydrogen-bond acceptors (Lipinski definition) is 4. The number of imidazole rings is 1. The van der Waals surface area contributed by atoms with Crippen LogP contribution >= 0.6 is 0 Å². The fraction of sp³-hybridized carbons (Fsp3) is 0.118. The molecular weight excluding hydrogens is 292 g/mol. The lowest BCUT2D eigenvalue weighted by molar-refractivity contribution is 0.249. The highest BCUT2D eigenvalue weighted by atomic mass is 16.5. The molecule has 0 radical (unpaired) electrons. The first-order valence-corrected chi connectivity index (χ1v) is 7.20. The predicted molar refractivity (Wildman–Crippen MR) is 86.1 cm³/mol. The number of primary amides is 1. The highest BCUT2D eigenvalue weighted by molar-refractivity contribution is 5.77. The minimum absolute atomic E-state index is 0.404. The molecule has 3 aromatic rings. The largest absolute Gasteiger partial charge is 0.493 e. The van der Waals surface area contributed by atoms with Crippen molar-refractivity contribution in [2.24, 2.45) is 5.73 Å². The van der Waals surface area contributed by atoms with Gasteiger partial charge in [-0.15, -0.1) is 0 Å². The third-order valence-electron chi connectivity index (χ3n) is 3.31. The molecule has 0 saturated carbocycles. The van der Waals surface area contributed by atoms with Gasteiger partial charge >= 0.3 is 6.03 Å². The molecule has 116 valence electrons. The van der Waals surface area contributed by atoms with Gasteiger partial charge in [-0.3, -0.25) is 9.55 Å². The second kappa shape index (κ2) is 6.74. The first-order valence-electron chi connectivity index (χ1n) is 7.20. The molecule has 0 unspecified atom stereocenters. The van der Waals surface area contributed by atoms with Crippen LogP contribution in [0.25, 0.3) is 11.3 Å². The topological polar surface area (TPSA) is 83.0 Å². The van der Waals surface area contributed by atoms with Crippen molar-refractivity contribution in [3.05, 3.63) is 66.9 Å². The smallest absolute Gasteiger partial charge is 0.324 e. The molecule has 0 aliphatic carbocycles. The highest BCUT2D eigenvalue weighted by Gasteiger charge is 2.13. The van der Waals surface area contributed by atoms with Gasteiger partial charge in [0.05, 0.1) is 12.3 Å². The van der Waals surface area contributed by atoms with E-state index in [9.17, 15) is 4.79 Å². The van der Waals surface area contributed by atoms with Crippen LogP contribution in [0.2, 0.25) is 0 Å². The van der Waals surface area contributed by atoms with Crippen LogP contribution in [-0.2, 0) is 6.42 Å². The Morgan fingerprint density at radius 3 is 2.70 bits per heavy atom. The van der Waals surface area contributed by atoms with Crippen molar-refractivity contribution in [2.75, 3.05) is 6.61 Å². The molecule has 1 aromatic carbocycles. The van der Waals surface area contributed by atoms with E-state index in [-0.39, 0.29) is 0 Å². The number of hydrogen-bond donors (Lipinski definition) is 1. The van der Waals surface area contributed by atoms with Crippen LogP contribution in [0.5, 0.6) is 5.75 Å². The Kier molecular flexibility index (Phi) is 4.33. The van der Waals surface area contributed by atoms with E-state index in [0.717, 1.165) is 11.3 Å². The summed E-state index contributed by atoms with van der Waals surface area (Å²) in [5, 5.41) is 0. The standard InChI is InChI=1S/C17H16N4O2/c18-17(22)21-12-15(13-5-4-9-19-11-13)20-16(21)8-10-23-14-6-2-1-3-7-14/h1-7,9,11-12H,8,10H2,(H2,18,22). The first kappa shape index (κ1) is 14.8. The molecule has 6 heteroatoms. The lowest BCUT2D eigenvalue weighted by Gasteiger charge is -2.06. The van der Waals surface area contributed by atoms with Gasteiger partial charge in [0.1, 0.15) is 11.6 Å². The van der Waals surface area contributed by atoms with E-state index in [1.165, 1.54) is 4.57 Å². The Morgan fingerprint density at radius 2 is 2.00 bits per heavy atom. The van der Waals surface area contributed by atoms with Gasteiger partial charge in [-0.05, 0) is 24.3 Å². The van der Waals surface area contributed by atoms with Crippen LogP contribution in [0.4, 0.5) is 4.79 Å². The van der Waals surface area contributed by atoms with Crippen molar-refractivity contribution in [3.8, 4) is 17.0 Å². The number of carbonyl (C=O) groups excluding carboxylic acids is 1. The summed E-state index contributed by atoms with van der Waals surface area (Å²) in [6.07, 6.45) is 5.47. The van der Waals surface area contributed by atoms with Crippen molar-refractivity contribution < 1.29 is 9.53 Å². The molecule has 0 spiro atoms. The average molecular weight is 308 g/mol. The number of ether oxygens (including phenoxy) is 1. The molecule has 1 amide bonds. The molecule has 2 heterocycles. The lowest BCUT2D eigenvalue weighted by Crippen LogP contribution is -2.22. The van der Waals surface area contributed by atoms with Gasteiger partial charge in [0, 0.05) is 30.6 Å². The van der Waals surface area contributed by atoms with Crippen LogP contribution in [0.3, 0.4) is 0 Å². The summed E-state index contributed by atoms with van der Waals surface area (Å²) < 4.78 is 6.99. The molecule has 0 atom stereocenters. The molecule has 6 nitrogen and oxygen atoms in total. The maximum Gasteiger partial charge on any atom is 0.324 e. The Hall–Kier alpha value is -3.15. The van der Waals surface area contributed by atoms with Gasteiger partial charge in [-0.25, -0.2) is 9.78 Å². The van der Waals surface area contributed by atoms with E-state index >= 15 is 0 Å². The Labute approximate surface area is 133 Å². The molecular formula is C17H16N4O2. The van der Waals surface area contributed by atoms with Gasteiger partial charge in [0.25, 0.3) is 0 Å². The van der Waals surface area contributed by atoms with E-state index in [2.05, 4.69) is 9.97 Å². The lowest BCUT2D eigenvalue weighted by atomic mass is 10.2. The maximum atomic E-state index is 11.6. The number of aromatic nitrogens is 3. The van der Waals surface area contributed by atoms with Gasteiger partial charge in [-0.1, -0.05) is 18.2 Å². The third kappa shape index (κ3) is 3.55. The Bertz CT molecular complexity index is 785. The predicted octanol–water partition coefficient (Wildman–Crippen LogP) is 2.49. The summed E-state index contributed by atoms with van der Waals surface area (Å²) in [7, 11) is 0. The molecule has 0 aliphatic heterocycles. The average Bonchev–Trinajstić information content (AvgIpc) is 3.01. The number of amides is 1. The van der Waals surface area contributed by atoms with Gasteiger partial charge in [0.15, 0.2) is 0 Å². The fourth-order valence-corrected chi connectivity index (χ4v) is 2.22. The zero-order valence-electron chi connectivity index (χ0n) is 12.4. The van der Waals surface area contributed by atoms with E-state index in [1.54, 1.807) is 18.6 Å². The summed E-state index contributed by atoms with van der Waals surface area (Å²) >= 11 is 0. The van der Waals surface area contributed by atoms with Crippen LogP contribution in [0, 0.1) is 0 Å². The van der Waals surface area contributed by atoms with Crippen molar-refractivity contribution in [3.63, 3.8) is 0 Å². The summed E-state index contributed by atoms with van der Waals surface area (Å²) in [6, 6.07) is 12.6. The van der Waals surface area contributed by atoms with E-state index in [4.69, 9.17) is 10.5 Å². The van der Waals surface area contributed by atoms with E-state index in [1.807, 2.05) is 42.5 Å². The zero-order chi connectivity index (χ0) is 16.1. The van der Waals surface area contributed by atoms with Crippen LogP contribution < -0.4 is 10.5 Å². The number of para-hydroxylation sites is 1. The quantitative estimate of drug-likeness (QED) is 0.785. The number of nitrogens with zero attached hydrogens (tertiary/aromatic N) is 3. The Morgan fingerprint density at radius 1 is 1.17 bits per heavy atom. The van der Waals surface area contributed by atoms with Gasteiger partial charge in [-0.2, -0.15) is 0 Å². The SMILES string of the molecule is NC(=O)n1cc(-c2cccnc2)nc1CCOc1ccccc1. The minimum atomic E-state index is -0.567. The number of pyridine rings is 1. The molecule has 0 saturated heterocycles. The third-order valence-corrected chi connectivity index (χ3v) is 3.31. The first-order chi connectivity index (χ1) is 11.2. The summed E-state index contributed by atoms with van der Waals surface area (Å²) in [6.45, 7) is 0.404. The zero-order valence-corrected chi connectivity index (χ0v) is 12.4. The second-order valence-electron chi connectivity index (χ2n) is 4.90. The van der Waals surface area contributed by atoms with E-state index in [0.29, 0.717) is 24.5 Å². The summed E-state index contributed by atoms with van der Waals surface area (Å²) in [4.78, 5) is 20.1. The van der Waals surface area contributed by atoms with Crippen LogP contribution in [0.1, 0.15) is 5.82 Å². The van der Waals surface area contributed by atoms with Crippen molar-refractivity contribution in [1.82, 2.24) is 14.5 Å². The van der Waals surface area contributed by atoms with Gasteiger partial charge < -0.3 is 10.5 Å². The van der Waals surface area contributed by atoms with Crippen molar-refractivity contribution in [1.29, 1.82) is 0 Å². The second-order valence-corrected chi connectivity index (χ2v) is 4.90. The molecule has 0 fully saturated rings. The molecule has 3 rings (SSSR count). The molecule has 2 N–H and O–H groups in total. The normalized spacial score (nSPS) is 10.4. The molecule has 0 bridgehead atoms. The maximum absolute atomic E-state index is 11.6. The highest BCUT2D eigenvalue weighted by Crippen LogP contribution is 2.18. The number of carbonyl (C=O) groups is 1. The minimum Gasteiger partial charge on any atom is -0.493 e. The summed E-state index contributed by atoms with van der Waals surface area (Å²) in [5.41, 5.74) is 6.91. The Balaban J connectivity index is 1.75. The van der Waals surface area contributed by atoms with Crippen LogP contribution in [0.15, 0.2) is 61.1 Å². The van der Waals surface area contributed by atoms with Crippen LogP contribution in [-0.4, -0.2) is 27.2 Å². The fourth-order valence-electron chi connectivity index (χ4n) is 2.22.